The quantitative estimate of drug-likeness (QED) is 0.784. The van der Waals surface area contributed by atoms with E-state index in [4.69, 9.17) is 4.74 Å². The second-order valence-corrected chi connectivity index (χ2v) is 4.18. The summed E-state index contributed by atoms with van der Waals surface area (Å²) < 4.78 is 9.85. The van der Waals surface area contributed by atoms with Crippen LogP contribution in [0.1, 0.15) is 10.4 Å². The lowest BCUT2D eigenvalue weighted by Gasteiger charge is -2.31. The van der Waals surface area contributed by atoms with Gasteiger partial charge in [-0.05, 0) is 18.2 Å². The third-order valence-corrected chi connectivity index (χ3v) is 2.91. The number of carbonyl (C=O) groups is 2. The van der Waals surface area contributed by atoms with Gasteiger partial charge in [-0.1, -0.05) is 6.07 Å². The van der Waals surface area contributed by atoms with Crippen LogP contribution in [0, 0.1) is 0 Å². The maximum atomic E-state index is 12.2. The summed E-state index contributed by atoms with van der Waals surface area (Å²) >= 11 is 0. The zero-order valence-electron chi connectivity index (χ0n) is 10.5. The molecule has 0 bridgehead atoms. The van der Waals surface area contributed by atoms with Crippen LogP contribution in [-0.4, -0.2) is 54.8 Å². The fraction of sp³-hybridized carbons (Fsp3) is 0.385. The number of amides is 1. The third-order valence-electron chi connectivity index (χ3n) is 2.91. The molecule has 19 heavy (non-hydrogen) atoms. The van der Waals surface area contributed by atoms with Crippen molar-refractivity contribution in [2.24, 2.45) is 0 Å². The van der Waals surface area contributed by atoms with E-state index in [1.807, 2.05) is 0 Å². The van der Waals surface area contributed by atoms with E-state index in [-0.39, 0.29) is 24.8 Å². The first kappa shape index (κ1) is 13.4. The van der Waals surface area contributed by atoms with Gasteiger partial charge >= 0.3 is 5.97 Å². The van der Waals surface area contributed by atoms with Gasteiger partial charge in [0.2, 0.25) is 0 Å². The highest BCUT2D eigenvalue weighted by molar-refractivity contribution is 5.95. The van der Waals surface area contributed by atoms with Gasteiger partial charge in [0, 0.05) is 12.1 Å². The first-order chi connectivity index (χ1) is 9.11. The molecule has 0 saturated carbocycles. The van der Waals surface area contributed by atoms with Gasteiger partial charge in [-0.15, -0.1) is 0 Å². The minimum atomic E-state index is -0.750. The number of esters is 1. The SMILES string of the molecule is COC(=O)C1CN(C(=O)c2cccc(O)c2)CCO1. The standard InChI is InChI=1S/C13H15NO5/c1-18-13(17)11-8-14(5-6-19-11)12(16)9-3-2-4-10(15)7-9/h2-4,7,11,15H,5-6,8H2,1H3. The first-order valence-electron chi connectivity index (χ1n) is 5.89. The lowest BCUT2D eigenvalue weighted by Crippen LogP contribution is -2.48. The second kappa shape index (κ2) is 5.71. The molecule has 1 aliphatic rings. The Balaban J connectivity index is 2.09. The molecule has 1 aliphatic heterocycles. The first-order valence-corrected chi connectivity index (χ1v) is 5.89. The average molecular weight is 265 g/mol. The van der Waals surface area contributed by atoms with Crippen LogP contribution < -0.4 is 0 Å². The summed E-state index contributed by atoms with van der Waals surface area (Å²) in [5.74, 6) is -0.704. The highest BCUT2D eigenvalue weighted by Gasteiger charge is 2.30. The van der Waals surface area contributed by atoms with Crippen LogP contribution in [0.15, 0.2) is 24.3 Å². The van der Waals surface area contributed by atoms with Crippen molar-refractivity contribution in [2.75, 3.05) is 26.8 Å². The Morgan fingerprint density at radius 1 is 1.47 bits per heavy atom. The van der Waals surface area contributed by atoms with E-state index in [1.54, 1.807) is 12.1 Å². The Labute approximate surface area is 110 Å². The largest absolute Gasteiger partial charge is 0.508 e. The number of phenolic OH excluding ortho intramolecular Hbond substituents is 1. The van der Waals surface area contributed by atoms with Crippen molar-refractivity contribution in [1.82, 2.24) is 4.90 Å². The maximum Gasteiger partial charge on any atom is 0.336 e. The maximum absolute atomic E-state index is 12.2. The number of ether oxygens (including phenoxy) is 2. The molecule has 1 heterocycles. The molecule has 0 aliphatic carbocycles. The number of methoxy groups -OCH3 is 1. The van der Waals surface area contributed by atoms with Crippen molar-refractivity contribution in [1.29, 1.82) is 0 Å². The number of aromatic hydroxyl groups is 1. The Bertz CT molecular complexity index is 488. The Morgan fingerprint density at radius 3 is 2.95 bits per heavy atom. The van der Waals surface area contributed by atoms with E-state index in [0.717, 1.165) is 0 Å². The average Bonchev–Trinajstić information content (AvgIpc) is 2.45. The summed E-state index contributed by atoms with van der Waals surface area (Å²) in [5.41, 5.74) is 0.380. The van der Waals surface area contributed by atoms with E-state index in [0.29, 0.717) is 12.1 Å². The predicted molar refractivity (Wildman–Crippen MR) is 65.8 cm³/mol. The van der Waals surface area contributed by atoms with Crippen molar-refractivity contribution in [2.45, 2.75) is 6.10 Å². The van der Waals surface area contributed by atoms with Crippen LogP contribution in [0.5, 0.6) is 5.75 Å². The molecule has 6 heteroatoms. The van der Waals surface area contributed by atoms with Gasteiger partial charge in [-0.25, -0.2) is 4.79 Å². The molecule has 1 saturated heterocycles. The van der Waals surface area contributed by atoms with Crippen LogP contribution >= 0.6 is 0 Å². The van der Waals surface area contributed by atoms with Gasteiger partial charge in [0.1, 0.15) is 5.75 Å². The highest BCUT2D eigenvalue weighted by Crippen LogP contribution is 2.15. The van der Waals surface area contributed by atoms with Gasteiger partial charge in [0.15, 0.2) is 6.10 Å². The molecular weight excluding hydrogens is 250 g/mol. The van der Waals surface area contributed by atoms with Crippen LogP contribution in [-0.2, 0) is 14.3 Å². The normalized spacial score (nSPS) is 19.0. The van der Waals surface area contributed by atoms with E-state index >= 15 is 0 Å². The van der Waals surface area contributed by atoms with E-state index in [2.05, 4.69) is 4.74 Å². The van der Waals surface area contributed by atoms with Crippen LogP contribution in [0.4, 0.5) is 0 Å². The van der Waals surface area contributed by atoms with E-state index in [9.17, 15) is 14.7 Å². The van der Waals surface area contributed by atoms with Gasteiger partial charge in [-0.2, -0.15) is 0 Å². The number of phenols is 1. The molecule has 1 aromatic carbocycles. The van der Waals surface area contributed by atoms with Crippen LogP contribution in [0.3, 0.4) is 0 Å². The Morgan fingerprint density at radius 2 is 2.26 bits per heavy atom. The molecule has 6 nitrogen and oxygen atoms in total. The lowest BCUT2D eigenvalue weighted by molar-refractivity contribution is -0.158. The molecule has 2 rings (SSSR count). The molecule has 1 fully saturated rings. The van der Waals surface area contributed by atoms with Crippen LogP contribution in [0.2, 0.25) is 0 Å². The second-order valence-electron chi connectivity index (χ2n) is 4.18. The zero-order valence-corrected chi connectivity index (χ0v) is 10.5. The summed E-state index contributed by atoms with van der Waals surface area (Å²) in [6.45, 7) is 0.841. The highest BCUT2D eigenvalue weighted by atomic mass is 16.6. The minimum Gasteiger partial charge on any atom is -0.508 e. The number of rotatable bonds is 2. The van der Waals surface area contributed by atoms with E-state index in [1.165, 1.54) is 24.1 Å². The molecule has 0 spiro atoms. The molecule has 0 aromatic heterocycles. The molecule has 102 valence electrons. The van der Waals surface area contributed by atoms with Gasteiger partial charge < -0.3 is 19.5 Å². The molecular formula is C13H15NO5. The topological polar surface area (TPSA) is 76.1 Å². The van der Waals surface area contributed by atoms with Crippen molar-refractivity contribution < 1.29 is 24.2 Å². The Hall–Kier alpha value is -2.08. The summed E-state index contributed by atoms with van der Waals surface area (Å²) in [7, 11) is 1.28. The van der Waals surface area contributed by atoms with Crippen molar-refractivity contribution in [3.05, 3.63) is 29.8 Å². The van der Waals surface area contributed by atoms with Gasteiger partial charge in [0.25, 0.3) is 5.91 Å². The Kier molecular flexibility index (Phi) is 4.01. The van der Waals surface area contributed by atoms with Crippen LogP contribution in [0.25, 0.3) is 0 Å². The smallest absolute Gasteiger partial charge is 0.336 e. The molecule has 0 radical (unpaired) electrons. The molecule has 1 atom stereocenters. The number of morpholine rings is 1. The molecule has 1 amide bonds. The number of nitrogens with zero attached hydrogens (tertiary/aromatic N) is 1. The van der Waals surface area contributed by atoms with Crippen molar-refractivity contribution in [3.63, 3.8) is 0 Å². The fourth-order valence-corrected chi connectivity index (χ4v) is 1.93. The summed E-state index contributed by atoms with van der Waals surface area (Å²) in [6, 6.07) is 6.10. The van der Waals surface area contributed by atoms with Gasteiger partial charge in [-0.3, -0.25) is 4.79 Å². The fourth-order valence-electron chi connectivity index (χ4n) is 1.93. The molecule has 1 N–H and O–H groups in total. The minimum absolute atomic E-state index is 0.0311. The van der Waals surface area contributed by atoms with E-state index < -0.39 is 12.1 Å². The van der Waals surface area contributed by atoms with Gasteiger partial charge in [0.05, 0.1) is 20.3 Å². The zero-order chi connectivity index (χ0) is 13.8. The number of carbonyl (C=O) groups excluding carboxylic acids is 2. The summed E-state index contributed by atoms with van der Waals surface area (Å²) in [5, 5.41) is 9.37. The third kappa shape index (κ3) is 3.03. The summed E-state index contributed by atoms with van der Waals surface area (Å²) in [4.78, 5) is 25.1. The number of benzene rings is 1. The lowest BCUT2D eigenvalue weighted by atomic mass is 10.1. The molecule has 1 unspecified atom stereocenters. The predicted octanol–water partition coefficient (Wildman–Crippen LogP) is 0.406. The van der Waals surface area contributed by atoms with Crippen molar-refractivity contribution >= 4 is 11.9 Å². The van der Waals surface area contributed by atoms with Crippen molar-refractivity contribution in [3.8, 4) is 5.75 Å². The summed E-state index contributed by atoms with van der Waals surface area (Å²) in [6.07, 6.45) is -0.750. The monoisotopic (exact) mass is 265 g/mol. The number of hydrogen-bond acceptors (Lipinski definition) is 5. The molecule has 1 aromatic rings. The number of hydrogen-bond donors (Lipinski definition) is 1.